The summed E-state index contributed by atoms with van der Waals surface area (Å²) in [5.74, 6) is 2.42. The highest BCUT2D eigenvalue weighted by Gasteiger charge is 2.19. The predicted molar refractivity (Wildman–Crippen MR) is 89.8 cm³/mol. The van der Waals surface area contributed by atoms with Gasteiger partial charge in [-0.15, -0.1) is 0 Å². The lowest BCUT2D eigenvalue weighted by Gasteiger charge is -2.26. The Balaban J connectivity index is 2.35. The quantitative estimate of drug-likeness (QED) is 0.806. The number of fused-ring (bicyclic) bond motifs is 1. The molecular formula is C17H27N3O2. The molecule has 5 heteroatoms. The normalized spacial score (nSPS) is 12.8. The van der Waals surface area contributed by atoms with E-state index >= 15 is 0 Å². The molecule has 0 amide bonds. The number of aromatic nitrogens is 2. The maximum atomic E-state index is 5.36. The van der Waals surface area contributed by atoms with Crippen molar-refractivity contribution in [3.63, 3.8) is 0 Å². The van der Waals surface area contributed by atoms with Crippen LogP contribution in [0.3, 0.4) is 0 Å². The lowest BCUT2D eigenvalue weighted by atomic mass is 10.2. The van der Waals surface area contributed by atoms with Gasteiger partial charge in [-0.25, -0.2) is 4.98 Å². The summed E-state index contributed by atoms with van der Waals surface area (Å²) in [5.41, 5.74) is 1.89. The van der Waals surface area contributed by atoms with Crippen LogP contribution in [0, 0.1) is 0 Å². The predicted octanol–water partition coefficient (Wildman–Crippen LogP) is 3.76. The van der Waals surface area contributed by atoms with Crippen LogP contribution >= 0.6 is 0 Å². The standard InChI is InChI=1S/C17H27N3O2/c1-6-8-20(9-7-2)12(3)17-18-13-10-15(21-4)16(22-5)11-14(13)19-17/h10-12H,6-9H2,1-5H3,(H,18,19). The Labute approximate surface area is 132 Å². The molecule has 0 spiro atoms. The van der Waals surface area contributed by atoms with E-state index in [2.05, 4.69) is 30.7 Å². The van der Waals surface area contributed by atoms with Crippen LogP contribution < -0.4 is 9.47 Å². The van der Waals surface area contributed by atoms with Gasteiger partial charge in [0.15, 0.2) is 11.5 Å². The molecule has 1 aromatic heterocycles. The lowest BCUT2D eigenvalue weighted by Crippen LogP contribution is -2.29. The highest BCUT2D eigenvalue weighted by atomic mass is 16.5. The summed E-state index contributed by atoms with van der Waals surface area (Å²) in [5, 5.41) is 0. The molecule has 1 unspecified atom stereocenters. The Bertz CT molecular complexity index is 562. The van der Waals surface area contributed by atoms with Crippen molar-refractivity contribution in [1.82, 2.24) is 14.9 Å². The maximum absolute atomic E-state index is 5.36. The van der Waals surface area contributed by atoms with Crippen LogP contribution in [0.2, 0.25) is 0 Å². The van der Waals surface area contributed by atoms with E-state index in [0.717, 1.165) is 48.5 Å². The van der Waals surface area contributed by atoms with Crippen molar-refractivity contribution in [3.05, 3.63) is 18.0 Å². The van der Waals surface area contributed by atoms with E-state index in [1.165, 1.54) is 0 Å². The first-order chi connectivity index (χ1) is 10.6. The van der Waals surface area contributed by atoms with Gasteiger partial charge < -0.3 is 14.5 Å². The van der Waals surface area contributed by atoms with Gasteiger partial charge in [-0.1, -0.05) is 13.8 Å². The van der Waals surface area contributed by atoms with Crippen molar-refractivity contribution in [2.45, 2.75) is 39.7 Å². The van der Waals surface area contributed by atoms with Gasteiger partial charge in [-0.05, 0) is 32.9 Å². The minimum Gasteiger partial charge on any atom is -0.493 e. The third kappa shape index (κ3) is 3.35. The summed E-state index contributed by atoms with van der Waals surface area (Å²) < 4.78 is 10.7. The van der Waals surface area contributed by atoms with Crippen molar-refractivity contribution in [2.24, 2.45) is 0 Å². The van der Waals surface area contributed by atoms with Gasteiger partial charge in [0.05, 0.1) is 31.3 Å². The van der Waals surface area contributed by atoms with Crippen LogP contribution in [0.25, 0.3) is 11.0 Å². The smallest absolute Gasteiger partial charge is 0.163 e. The molecule has 0 bridgehead atoms. The van der Waals surface area contributed by atoms with E-state index in [4.69, 9.17) is 14.5 Å². The van der Waals surface area contributed by atoms with Crippen LogP contribution in [0.4, 0.5) is 0 Å². The molecule has 0 saturated heterocycles. The average molecular weight is 305 g/mol. The molecular weight excluding hydrogens is 278 g/mol. The van der Waals surface area contributed by atoms with E-state index in [9.17, 15) is 0 Å². The summed E-state index contributed by atoms with van der Waals surface area (Å²) in [4.78, 5) is 10.6. The summed E-state index contributed by atoms with van der Waals surface area (Å²) in [7, 11) is 3.29. The van der Waals surface area contributed by atoms with Gasteiger partial charge >= 0.3 is 0 Å². The Morgan fingerprint density at radius 1 is 1.09 bits per heavy atom. The Morgan fingerprint density at radius 3 is 2.23 bits per heavy atom. The first-order valence-corrected chi connectivity index (χ1v) is 8.00. The number of aromatic amines is 1. The van der Waals surface area contributed by atoms with Crippen molar-refractivity contribution < 1.29 is 9.47 Å². The second-order valence-corrected chi connectivity index (χ2v) is 5.56. The van der Waals surface area contributed by atoms with Crippen molar-refractivity contribution >= 4 is 11.0 Å². The van der Waals surface area contributed by atoms with Crippen LogP contribution in [0.1, 0.15) is 45.5 Å². The fourth-order valence-electron chi connectivity index (χ4n) is 2.80. The minimum atomic E-state index is 0.268. The van der Waals surface area contributed by atoms with E-state index in [1.54, 1.807) is 14.2 Å². The zero-order chi connectivity index (χ0) is 16.1. The molecule has 0 saturated carbocycles. The Kier molecular flexibility index (Phi) is 5.66. The molecule has 22 heavy (non-hydrogen) atoms. The topological polar surface area (TPSA) is 50.4 Å². The van der Waals surface area contributed by atoms with Gasteiger partial charge in [-0.2, -0.15) is 0 Å². The number of rotatable bonds is 8. The number of benzene rings is 1. The number of nitrogens with one attached hydrogen (secondary N) is 1. The molecule has 122 valence electrons. The van der Waals surface area contributed by atoms with E-state index in [1.807, 2.05) is 12.1 Å². The number of nitrogens with zero attached hydrogens (tertiary/aromatic N) is 2. The molecule has 0 aliphatic heterocycles. The fourth-order valence-corrected chi connectivity index (χ4v) is 2.80. The number of methoxy groups -OCH3 is 2. The minimum absolute atomic E-state index is 0.268. The van der Waals surface area contributed by atoms with Crippen LogP contribution in [-0.2, 0) is 0 Å². The lowest BCUT2D eigenvalue weighted by molar-refractivity contribution is 0.205. The summed E-state index contributed by atoms with van der Waals surface area (Å²) in [6, 6.07) is 4.14. The molecule has 0 aliphatic rings. The molecule has 1 N–H and O–H groups in total. The van der Waals surface area contributed by atoms with E-state index in [-0.39, 0.29) is 6.04 Å². The second-order valence-electron chi connectivity index (χ2n) is 5.56. The zero-order valence-electron chi connectivity index (χ0n) is 14.3. The number of hydrogen-bond donors (Lipinski definition) is 1. The van der Waals surface area contributed by atoms with Crippen molar-refractivity contribution in [1.29, 1.82) is 0 Å². The Hall–Kier alpha value is -1.75. The molecule has 5 nitrogen and oxygen atoms in total. The van der Waals surface area contributed by atoms with Crippen molar-refractivity contribution in [3.8, 4) is 11.5 Å². The monoisotopic (exact) mass is 305 g/mol. The van der Waals surface area contributed by atoms with Crippen LogP contribution in [0.15, 0.2) is 12.1 Å². The first-order valence-electron chi connectivity index (χ1n) is 8.00. The molecule has 2 aromatic rings. The van der Waals surface area contributed by atoms with E-state index in [0.29, 0.717) is 5.75 Å². The maximum Gasteiger partial charge on any atom is 0.163 e. The highest BCUT2D eigenvalue weighted by molar-refractivity contribution is 5.79. The van der Waals surface area contributed by atoms with Gasteiger partial charge in [0, 0.05) is 12.1 Å². The third-order valence-electron chi connectivity index (χ3n) is 3.97. The van der Waals surface area contributed by atoms with Gasteiger partial charge in [0.1, 0.15) is 5.82 Å². The number of H-pyrrole nitrogens is 1. The summed E-state index contributed by atoms with van der Waals surface area (Å²) in [6.07, 6.45) is 2.29. The second kappa shape index (κ2) is 7.49. The number of imidazole rings is 1. The Morgan fingerprint density at radius 2 is 1.68 bits per heavy atom. The fraction of sp³-hybridized carbons (Fsp3) is 0.588. The summed E-state index contributed by atoms with van der Waals surface area (Å²) in [6.45, 7) is 8.79. The molecule has 0 aliphatic carbocycles. The largest absolute Gasteiger partial charge is 0.493 e. The van der Waals surface area contributed by atoms with Crippen LogP contribution in [0.5, 0.6) is 11.5 Å². The van der Waals surface area contributed by atoms with Crippen molar-refractivity contribution in [2.75, 3.05) is 27.3 Å². The number of ether oxygens (including phenoxy) is 2. The van der Waals surface area contributed by atoms with Gasteiger partial charge in [0.25, 0.3) is 0 Å². The SMILES string of the molecule is CCCN(CCC)C(C)c1nc2cc(OC)c(OC)cc2[nH]1. The first kappa shape index (κ1) is 16.6. The number of hydrogen-bond acceptors (Lipinski definition) is 4. The van der Waals surface area contributed by atoms with Gasteiger partial charge in [0.2, 0.25) is 0 Å². The van der Waals surface area contributed by atoms with E-state index < -0.39 is 0 Å². The zero-order valence-corrected chi connectivity index (χ0v) is 14.3. The van der Waals surface area contributed by atoms with Crippen LogP contribution in [-0.4, -0.2) is 42.2 Å². The molecule has 0 fully saturated rings. The molecule has 1 heterocycles. The molecule has 1 aromatic carbocycles. The highest BCUT2D eigenvalue weighted by Crippen LogP contribution is 2.32. The third-order valence-corrected chi connectivity index (χ3v) is 3.97. The molecule has 0 radical (unpaired) electrons. The summed E-state index contributed by atoms with van der Waals surface area (Å²) >= 11 is 0. The molecule has 2 rings (SSSR count). The molecule has 1 atom stereocenters. The average Bonchev–Trinajstić information content (AvgIpc) is 2.95. The van der Waals surface area contributed by atoms with Gasteiger partial charge in [-0.3, -0.25) is 4.90 Å².